The highest BCUT2D eigenvalue weighted by atomic mass is 32.1. The molecule has 16 heavy (non-hydrogen) atoms. The highest BCUT2D eigenvalue weighted by Gasteiger charge is 2.25. The number of likely N-dealkylation sites (N-methyl/N-ethyl adjacent to an activating group) is 1. The zero-order valence-electron chi connectivity index (χ0n) is 8.53. The van der Waals surface area contributed by atoms with Crippen molar-refractivity contribution in [3.8, 4) is 0 Å². The molecule has 0 radical (unpaired) electrons. The SMILES string of the molecule is CN(CCO)c1nc2sccn2c1[N+](=O)[O-]. The van der Waals surface area contributed by atoms with Crippen LogP contribution in [0, 0.1) is 10.1 Å². The number of imidazole rings is 1. The summed E-state index contributed by atoms with van der Waals surface area (Å²) in [5.41, 5.74) is 0. The molecule has 0 aliphatic heterocycles. The summed E-state index contributed by atoms with van der Waals surface area (Å²) in [4.78, 5) is 16.8. The molecule has 7 nitrogen and oxygen atoms in total. The molecular weight excluding hydrogens is 232 g/mol. The van der Waals surface area contributed by atoms with Crippen LogP contribution in [0.4, 0.5) is 11.6 Å². The number of aromatic nitrogens is 2. The molecule has 0 spiro atoms. The number of fused-ring (bicyclic) bond motifs is 1. The molecule has 0 unspecified atom stereocenters. The van der Waals surface area contributed by atoms with E-state index in [1.165, 1.54) is 15.7 Å². The van der Waals surface area contributed by atoms with Gasteiger partial charge in [-0.1, -0.05) is 11.3 Å². The fourth-order valence-electron chi connectivity index (χ4n) is 1.44. The van der Waals surface area contributed by atoms with Gasteiger partial charge in [-0.25, -0.2) is 0 Å². The summed E-state index contributed by atoms with van der Waals surface area (Å²) in [6.45, 7) is 0.241. The Morgan fingerprint density at radius 1 is 1.75 bits per heavy atom. The predicted octanol–water partition coefficient (Wildman–Crippen LogP) is 0.732. The third-order valence-electron chi connectivity index (χ3n) is 2.19. The normalized spacial score (nSPS) is 10.9. The number of aliphatic hydroxyl groups excluding tert-OH is 1. The van der Waals surface area contributed by atoms with E-state index < -0.39 is 4.92 Å². The van der Waals surface area contributed by atoms with Gasteiger partial charge in [-0.05, 0) is 4.92 Å². The number of anilines is 1. The smallest absolute Gasteiger partial charge is 0.373 e. The zero-order chi connectivity index (χ0) is 11.7. The molecule has 0 saturated heterocycles. The number of hydrogen-bond donors (Lipinski definition) is 1. The van der Waals surface area contributed by atoms with Gasteiger partial charge >= 0.3 is 5.82 Å². The van der Waals surface area contributed by atoms with Crippen LogP contribution in [-0.4, -0.2) is 39.6 Å². The Morgan fingerprint density at radius 3 is 3.12 bits per heavy atom. The standard InChI is InChI=1S/C8H10N4O3S/c1-10(2-4-13)6-7(12(14)15)11-3-5-16-8(11)9-6/h3,5,13H,2,4H2,1H3. The van der Waals surface area contributed by atoms with Crippen molar-refractivity contribution in [2.45, 2.75) is 0 Å². The van der Waals surface area contributed by atoms with Crippen LogP contribution in [0.3, 0.4) is 0 Å². The maximum absolute atomic E-state index is 11.0. The second-order valence-corrected chi connectivity index (χ2v) is 4.09. The summed E-state index contributed by atoms with van der Waals surface area (Å²) in [5.74, 6) is 0.220. The summed E-state index contributed by atoms with van der Waals surface area (Å²) in [6.07, 6.45) is 1.61. The van der Waals surface area contributed by atoms with Crippen molar-refractivity contribution >= 4 is 27.9 Å². The number of aliphatic hydroxyl groups is 1. The fourth-order valence-corrected chi connectivity index (χ4v) is 2.15. The molecule has 0 fully saturated rings. The lowest BCUT2D eigenvalue weighted by Crippen LogP contribution is -2.22. The molecule has 2 rings (SSSR count). The first-order valence-corrected chi connectivity index (χ1v) is 5.45. The van der Waals surface area contributed by atoms with Gasteiger partial charge in [-0.15, -0.1) is 0 Å². The number of nitro groups is 1. The van der Waals surface area contributed by atoms with E-state index in [1.54, 1.807) is 23.5 Å². The van der Waals surface area contributed by atoms with Gasteiger partial charge < -0.3 is 20.1 Å². The molecule has 2 aromatic rings. The first-order chi connectivity index (χ1) is 7.65. The van der Waals surface area contributed by atoms with Crippen LogP contribution in [-0.2, 0) is 0 Å². The second kappa shape index (κ2) is 4.06. The minimum Gasteiger partial charge on any atom is -0.395 e. The summed E-state index contributed by atoms with van der Waals surface area (Å²) in [6, 6.07) is 0. The predicted molar refractivity (Wildman–Crippen MR) is 60.1 cm³/mol. The average Bonchev–Trinajstić information content (AvgIpc) is 2.74. The van der Waals surface area contributed by atoms with E-state index >= 15 is 0 Å². The van der Waals surface area contributed by atoms with Gasteiger partial charge in [0.15, 0.2) is 0 Å². The first kappa shape index (κ1) is 10.8. The summed E-state index contributed by atoms with van der Waals surface area (Å²) >= 11 is 1.33. The van der Waals surface area contributed by atoms with E-state index in [4.69, 9.17) is 5.11 Å². The van der Waals surface area contributed by atoms with Crippen molar-refractivity contribution in [3.63, 3.8) is 0 Å². The Labute approximate surface area is 94.7 Å². The molecular formula is C8H10N4O3S. The maximum atomic E-state index is 11.0. The molecule has 0 aliphatic rings. The number of hydrogen-bond acceptors (Lipinski definition) is 6. The van der Waals surface area contributed by atoms with E-state index in [9.17, 15) is 10.1 Å². The fraction of sp³-hybridized carbons (Fsp3) is 0.375. The quantitative estimate of drug-likeness (QED) is 0.631. The van der Waals surface area contributed by atoms with Crippen molar-refractivity contribution < 1.29 is 10.0 Å². The highest BCUT2D eigenvalue weighted by molar-refractivity contribution is 7.15. The van der Waals surface area contributed by atoms with Gasteiger partial charge in [0.2, 0.25) is 5.82 Å². The van der Waals surface area contributed by atoms with E-state index in [0.717, 1.165) is 0 Å². The van der Waals surface area contributed by atoms with Crippen LogP contribution in [0.1, 0.15) is 0 Å². The van der Waals surface area contributed by atoms with Gasteiger partial charge in [0.1, 0.15) is 6.20 Å². The monoisotopic (exact) mass is 242 g/mol. The minimum atomic E-state index is -0.462. The van der Waals surface area contributed by atoms with Crippen LogP contribution in [0.2, 0.25) is 0 Å². The van der Waals surface area contributed by atoms with Crippen molar-refractivity contribution in [3.05, 3.63) is 21.7 Å². The molecule has 8 heteroatoms. The lowest BCUT2D eigenvalue weighted by molar-refractivity contribution is -0.389. The lowest BCUT2D eigenvalue weighted by Gasteiger charge is -2.13. The largest absolute Gasteiger partial charge is 0.395 e. The maximum Gasteiger partial charge on any atom is 0.373 e. The van der Waals surface area contributed by atoms with Crippen LogP contribution >= 0.6 is 11.3 Å². The Kier molecular flexibility index (Phi) is 2.75. The minimum absolute atomic E-state index is 0.0628. The van der Waals surface area contributed by atoms with Crippen LogP contribution in [0.15, 0.2) is 11.6 Å². The Balaban J connectivity index is 2.54. The molecule has 0 aromatic carbocycles. The van der Waals surface area contributed by atoms with Crippen LogP contribution in [0.25, 0.3) is 4.96 Å². The average molecular weight is 242 g/mol. The molecule has 0 saturated carbocycles. The third kappa shape index (κ3) is 1.61. The first-order valence-electron chi connectivity index (χ1n) is 4.57. The molecule has 2 heterocycles. The van der Waals surface area contributed by atoms with Crippen LogP contribution < -0.4 is 4.90 Å². The van der Waals surface area contributed by atoms with Gasteiger partial charge in [0, 0.05) is 19.0 Å². The van der Waals surface area contributed by atoms with Gasteiger partial charge in [-0.2, -0.15) is 9.38 Å². The summed E-state index contributed by atoms with van der Waals surface area (Å²) < 4.78 is 1.44. The molecule has 0 aliphatic carbocycles. The van der Waals surface area contributed by atoms with Crippen LogP contribution in [0.5, 0.6) is 0 Å². The highest BCUT2D eigenvalue weighted by Crippen LogP contribution is 2.29. The van der Waals surface area contributed by atoms with Crippen molar-refractivity contribution in [2.24, 2.45) is 0 Å². The number of nitrogens with zero attached hydrogens (tertiary/aromatic N) is 4. The van der Waals surface area contributed by atoms with Gasteiger partial charge in [0.25, 0.3) is 4.96 Å². The number of thiazole rings is 1. The lowest BCUT2D eigenvalue weighted by atomic mass is 10.5. The van der Waals surface area contributed by atoms with Gasteiger partial charge in [0.05, 0.1) is 6.61 Å². The van der Waals surface area contributed by atoms with E-state index in [0.29, 0.717) is 11.5 Å². The topological polar surface area (TPSA) is 83.9 Å². The molecule has 86 valence electrons. The van der Waals surface area contributed by atoms with Gasteiger partial charge in [-0.3, -0.25) is 0 Å². The van der Waals surface area contributed by atoms with Crippen molar-refractivity contribution in [1.29, 1.82) is 0 Å². The molecule has 1 N–H and O–H groups in total. The van der Waals surface area contributed by atoms with E-state index in [1.807, 2.05) is 0 Å². The number of rotatable bonds is 4. The molecule has 2 aromatic heterocycles. The van der Waals surface area contributed by atoms with Crippen molar-refractivity contribution in [2.75, 3.05) is 25.1 Å². The summed E-state index contributed by atoms with van der Waals surface area (Å²) in [7, 11) is 1.66. The second-order valence-electron chi connectivity index (χ2n) is 3.22. The van der Waals surface area contributed by atoms with E-state index in [-0.39, 0.29) is 18.2 Å². The Morgan fingerprint density at radius 2 is 2.50 bits per heavy atom. The molecule has 0 amide bonds. The molecule has 0 atom stereocenters. The Bertz CT molecular complexity index is 520. The Hall–Kier alpha value is -1.67. The zero-order valence-corrected chi connectivity index (χ0v) is 9.35. The molecule has 0 bridgehead atoms. The van der Waals surface area contributed by atoms with Crippen molar-refractivity contribution in [1.82, 2.24) is 9.38 Å². The third-order valence-corrected chi connectivity index (χ3v) is 2.95. The van der Waals surface area contributed by atoms with E-state index in [2.05, 4.69) is 4.98 Å². The summed E-state index contributed by atoms with van der Waals surface area (Å²) in [5, 5.41) is 21.5.